The molecule has 0 bridgehead atoms. The van der Waals surface area contributed by atoms with Gasteiger partial charge in [0, 0.05) is 18.4 Å². The molecule has 1 aromatic rings. The molecule has 2 heteroatoms. The minimum atomic E-state index is 0.799. The van der Waals surface area contributed by atoms with Gasteiger partial charge in [0.1, 0.15) is 0 Å². The van der Waals surface area contributed by atoms with Gasteiger partial charge in [0.2, 0.25) is 0 Å². The van der Waals surface area contributed by atoms with E-state index in [1.54, 1.807) is 0 Å². The summed E-state index contributed by atoms with van der Waals surface area (Å²) in [6.45, 7) is 8.17. The molecule has 0 saturated carbocycles. The Balaban J connectivity index is 2.17. The molecular formula is C12H20N2. The Labute approximate surface area is 86.3 Å². The maximum absolute atomic E-state index is 4.36. The maximum Gasteiger partial charge on any atom is 0.0492 e. The van der Waals surface area contributed by atoms with Crippen LogP contribution >= 0.6 is 0 Å². The van der Waals surface area contributed by atoms with E-state index in [1.807, 2.05) is 6.20 Å². The number of hydrogen-bond donors (Lipinski definition) is 0. The summed E-state index contributed by atoms with van der Waals surface area (Å²) in [5, 5.41) is 4.36. The molecule has 2 unspecified atom stereocenters. The van der Waals surface area contributed by atoms with E-state index < -0.39 is 0 Å². The predicted molar refractivity (Wildman–Crippen MR) is 58.0 cm³/mol. The zero-order valence-electron chi connectivity index (χ0n) is 9.40. The summed E-state index contributed by atoms with van der Waals surface area (Å²) in [5.74, 6) is 2.46. The van der Waals surface area contributed by atoms with E-state index in [2.05, 4.69) is 36.6 Å². The molecule has 0 radical (unpaired) electrons. The second kappa shape index (κ2) is 3.76. The lowest BCUT2D eigenvalue weighted by atomic mass is 9.81. The Morgan fingerprint density at radius 3 is 3.00 bits per heavy atom. The van der Waals surface area contributed by atoms with Crippen LogP contribution in [0.25, 0.3) is 0 Å². The van der Waals surface area contributed by atoms with Crippen LogP contribution in [-0.4, -0.2) is 9.78 Å². The number of aryl methyl sites for hydroxylation is 1. The molecule has 2 rings (SSSR count). The second-order valence-electron chi connectivity index (χ2n) is 4.92. The van der Waals surface area contributed by atoms with E-state index >= 15 is 0 Å². The fourth-order valence-corrected chi connectivity index (χ4v) is 2.76. The highest BCUT2D eigenvalue weighted by atomic mass is 15.3. The van der Waals surface area contributed by atoms with Crippen molar-refractivity contribution in [2.45, 2.75) is 40.2 Å². The second-order valence-corrected chi connectivity index (χ2v) is 4.92. The number of rotatable bonds is 1. The van der Waals surface area contributed by atoms with Crippen molar-refractivity contribution in [3.05, 3.63) is 18.0 Å². The van der Waals surface area contributed by atoms with E-state index in [0.717, 1.165) is 24.3 Å². The molecule has 14 heavy (non-hydrogen) atoms. The summed E-state index contributed by atoms with van der Waals surface area (Å²) < 4.78 is 2.18. The van der Waals surface area contributed by atoms with E-state index in [0.29, 0.717) is 0 Å². The number of fused-ring (bicyclic) bond motifs is 1. The van der Waals surface area contributed by atoms with Crippen molar-refractivity contribution < 1.29 is 0 Å². The molecule has 1 aromatic heterocycles. The summed E-state index contributed by atoms with van der Waals surface area (Å²) in [6, 6.07) is 2.17. The average molecular weight is 192 g/mol. The van der Waals surface area contributed by atoms with Gasteiger partial charge in [-0.05, 0) is 36.7 Å². The molecule has 78 valence electrons. The van der Waals surface area contributed by atoms with E-state index in [-0.39, 0.29) is 0 Å². The number of nitrogens with zero attached hydrogens (tertiary/aromatic N) is 2. The van der Waals surface area contributed by atoms with Crippen molar-refractivity contribution in [3.63, 3.8) is 0 Å². The van der Waals surface area contributed by atoms with Crippen LogP contribution in [0.2, 0.25) is 0 Å². The van der Waals surface area contributed by atoms with Crippen LogP contribution in [0.3, 0.4) is 0 Å². The van der Waals surface area contributed by atoms with Crippen molar-refractivity contribution >= 4 is 0 Å². The molecule has 1 aliphatic rings. The smallest absolute Gasteiger partial charge is 0.0492 e. The highest BCUT2D eigenvalue weighted by Gasteiger charge is 2.25. The van der Waals surface area contributed by atoms with Crippen molar-refractivity contribution in [1.82, 2.24) is 9.78 Å². The van der Waals surface area contributed by atoms with Gasteiger partial charge < -0.3 is 0 Å². The molecule has 2 atom stereocenters. The first-order valence-electron chi connectivity index (χ1n) is 5.69. The summed E-state index contributed by atoms with van der Waals surface area (Å²) in [5.41, 5.74) is 1.42. The number of aromatic nitrogens is 2. The Morgan fingerprint density at radius 2 is 2.29 bits per heavy atom. The van der Waals surface area contributed by atoms with Gasteiger partial charge in [0.15, 0.2) is 0 Å². The van der Waals surface area contributed by atoms with Crippen molar-refractivity contribution in [2.24, 2.45) is 17.8 Å². The van der Waals surface area contributed by atoms with E-state index in [9.17, 15) is 0 Å². The highest BCUT2D eigenvalue weighted by Crippen LogP contribution is 2.30. The third kappa shape index (κ3) is 1.70. The highest BCUT2D eigenvalue weighted by molar-refractivity contribution is 5.03. The first kappa shape index (κ1) is 9.75. The zero-order valence-corrected chi connectivity index (χ0v) is 9.40. The van der Waals surface area contributed by atoms with Crippen molar-refractivity contribution in [2.75, 3.05) is 0 Å². The molecule has 0 saturated heterocycles. The fraction of sp³-hybridized carbons (Fsp3) is 0.750. The summed E-state index contributed by atoms with van der Waals surface area (Å²) in [6.07, 6.45) is 4.41. The molecule has 2 heterocycles. The van der Waals surface area contributed by atoms with Gasteiger partial charge in [-0.3, -0.25) is 4.68 Å². The summed E-state index contributed by atoms with van der Waals surface area (Å²) >= 11 is 0. The van der Waals surface area contributed by atoms with Gasteiger partial charge in [0.25, 0.3) is 0 Å². The SMILES string of the molecule is CC(C)C1CCn2nccc2CC1C. The van der Waals surface area contributed by atoms with Crippen LogP contribution in [0.5, 0.6) is 0 Å². The largest absolute Gasteiger partial charge is 0.270 e. The van der Waals surface area contributed by atoms with Crippen LogP contribution < -0.4 is 0 Å². The fourth-order valence-electron chi connectivity index (χ4n) is 2.76. The van der Waals surface area contributed by atoms with Crippen LogP contribution in [0.4, 0.5) is 0 Å². The lowest BCUT2D eigenvalue weighted by molar-refractivity contribution is 0.254. The Bertz CT molecular complexity index is 301. The van der Waals surface area contributed by atoms with Gasteiger partial charge in [0.05, 0.1) is 0 Å². The molecule has 1 aliphatic heterocycles. The molecule has 0 N–H and O–H groups in total. The normalized spacial score (nSPS) is 27.4. The Kier molecular flexibility index (Phi) is 2.62. The van der Waals surface area contributed by atoms with Gasteiger partial charge in [-0.2, -0.15) is 5.10 Å². The Morgan fingerprint density at radius 1 is 1.50 bits per heavy atom. The minimum Gasteiger partial charge on any atom is -0.270 e. The Hall–Kier alpha value is -0.790. The minimum absolute atomic E-state index is 0.799. The predicted octanol–water partition coefficient (Wildman–Crippen LogP) is 2.74. The summed E-state index contributed by atoms with van der Waals surface area (Å²) in [7, 11) is 0. The lowest BCUT2D eigenvalue weighted by Gasteiger charge is -2.24. The molecule has 0 amide bonds. The molecule has 0 aromatic carbocycles. The van der Waals surface area contributed by atoms with Crippen molar-refractivity contribution in [3.8, 4) is 0 Å². The average Bonchev–Trinajstić information content (AvgIpc) is 2.47. The van der Waals surface area contributed by atoms with Crippen LogP contribution in [-0.2, 0) is 13.0 Å². The quantitative estimate of drug-likeness (QED) is 0.669. The maximum atomic E-state index is 4.36. The van der Waals surface area contributed by atoms with Gasteiger partial charge in [-0.25, -0.2) is 0 Å². The third-order valence-electron chi connectivity index (χ3n) is 3.60. The van der Waals surface area contributed by atoms with Crippen LogP contribution in [0.1, 0.15) is 32.9 Å². The standard InChI is InChI=1S/C12H20N2/c1-9(2)12-5-7-14-11(4-6-13-14)8-10(12)3/h4,6,9-10,12H,5,7-8H2,1-3H3. The molecule has 2 nitrogen and oxygen atoms in total. The molecule has 0 fully saturated rings. The first-order chi connectivity index (χ1) is 6.68. The number of hydrogen-bond acceptors (Lipinski definition) is 1. The van der Waals surface area contributed by atoms with Gasteiger partial charge >= 0.3 is 0 Å². The van der Waals surface area contributed by atoms with Crippen LogP contribution in [0.15, 0.2) is 12.3 Å². The molecule has 0 spiro atoms. The monoisotopic (exact) mass is 192 g/mol. The molecule has 0 aliphatic carbocycles. The van der Waals surface area contributed by atoms with E-state index in [4.69, 9.17) is 0 Å². The topological polar surface area (TPSA) is 17.8 Å². The lowest BCUT2D eigenvalue weighted by Crippen LogP contribution is -2.18. The van der Waals surface area contributed by atoms with Crippen molar-refractivity contribution in [1.29, 1.82) is 0 Å². The summed E-state index contributed by atoms with van der Waals surface area (Å²) in [4.78, 5) is 0. The molecular weight excluding hydrogens is 172 g/mol. The van der Waals surface area contributed by atoms with E-state index in [1.165, 1.54) is 18.5 Å². The van der Waals surface area contributed by atoms with Gasteiger partial charge in [-0.1, -0.05) is 20.8 Å². The van der Waals surface area contributed by atoms with Gasteiger partial charge in [-0.15, -0.1) is 0 Å². The van der Waals surface area contributed by atoms with Crippen LogP contribution in [0, 0.1) is 17.8 Å². The first-order valence-corrected chi connectivity index (χ1v) is 5.69. The third-order valence-corrected chi connectivity index (χ3v) is 3.60. The zero-order chi connectivity index (χ0) is 10.1.